The summed E-state index contributed by atoms with van der Waals surface area (Å²) >= 11 is 0. The lowest BCUT2D eigenvalue weighted by molar-refractivity contribution is 0.132. The first kappa shape index (κ1) is 17.9. The summed E-state index contributed by atoms with van der Waals surface area (Å²) in [6.07, 6.45) is -0.752. The maximum Gasteiger partial charge on any atom is 0.408 e. The van der Waals surface area contributed by atoms with Gasteiger partial charge in [0.15, 0.2) is 6.10 Å². The highest BCUT2D eigenvalue weighted by molar-refractivity contribution is 5.71. The van der Waals surface area contributed by atoms with Crippen molar-refractivity contribution in [3.8, 4) is 11.8 Å². The molecule has 138 valence electrons. The molecule has 1 aliphatic rings. The Bertz CT molecular complexity index is 1080. The van der Waals surface area contributed by atoms with Crippen molar-refractivity contribution in [3.63, 3.8) is 0 Å². The molecule has 0 bridgehead atoms. The van der Waals surface area contributed by atoms with Gasteiger partial charge in [-0.2, -0.15) is 0 Å². The minimum Gasteiger partial charge on any atom is -0.439 e. The van der Waals surface area contributed by atoms with Crippen molar-refractivity contribution in [1.82, 2.24) is 5.32 Å². The number of carbonyl (C=O) groups is 1. The van der Waals surface area contributed by atoms with Gasteiger partial charge in [0.05, 0.1) is 6.04 Å². The molecule has 2 atom stereocenters. The summed E-state index contributed by atoms with van der Waals surface area (Å²) in [4.78, 5) is 12.0. The molecule has 0 spiro atoms. The second-order valence-corrected chi connectivity index (χ2v) is 7.03. The predicted molar refractivity (Wildman–Crippen MR) is 110 cm³/mol. The van der Waals surface area contributed by atoms with E-state index in [1.54, 1.807) is 0 Å². The van der Waals surface area contributed by atoms with Crippen LogP contribution in [0.15, 0.2) is 72.8 Å². The van der Waals surface area contributed by atoms with E-state index in [0.29, 0.717) is 0 Å². The highest BCUT2D eigenvalue weighted by Crippen LogP contribution is 2.37. The minimum absolute atomic E-state index is 0.243. The predicted octanol–water partition coefficient (Wildman–Crippen LogP) is 5.23. The number of hydrogen-bond donors (Lipinski definition) is 1. The van der Waals surface area contributed by atoms with E-state index in [9.17, 15) is 4.79 Å². The van der Waals surface area contributed by atoms with Crippen LogP contribution in [0.3, 0.4) is 0 Å². The van der Waals surface area contributed by atoms with Crippen LogP contribution in [0, 0.1) is 25.7 Å². The molecule has 1 N–H and O–H groups in total. The Morgan fingerprint density at radius 3 is 2.32 bits per heavy atom. The molecule has 0 radical (unpaired) electrons. The highest BCUT2D eigenvalue weighted by atomic mass is 16.6. The molecule has 1 saturated heterocycles. The summed E-state index contributed by atoms with van der Waals surface area (Å²) in [7, 11) is 0. The number of rotatable bonds is 2. The summed E-state index contributed by atoms with van der Waals surface area (Å²) in [6.45, 7) is 4.14. The number of ether oxygens (including phenoxy) is 1. The van der Waals surface area contributed by atoms with Gasteiger partial charge in [-0.25, -0.2) is 4.79 Å². The molecule has 3 nitrogen and oxygen atoms in total. The van der Waals surface area contributed by atoms with Gasteiger partial charge in [-0.05, 0) is 60.4 Å². The van der Waals surface area contributed by atoms with Crippen LogP contribution in [0.5, 0.6) is 0 Å². The van der Waals surface area contributed by atoms with Crippen molar-refractivity contribution in [2.24, 2.45) is 0 Å². The van der Waals surface area contributed by atoms with Gasteiger partial charge >= 0.3 is 6.09 Å². The van der Waals surface area contributed by atoms with E-state index in [4.69, 9.17) is 4.74 Å². The fraction of sp³-hybridized carbons (Fsp3) is 0.160. The number of carbonyl (C=O) groups excluding carboxylic acids is 1. The minimum atomic E-state index is -0.394. The van der Waals surface area contributed by atoms with E-state index in [2.05, 4.69) is 43.1 Å². The molecule has 28 heavy (non-hydrogen) atoms. The van der Waals surface area contributed by atoms with Crippen LogP contribution in [-0.2, 0) is 4.74 Å². The lowest BCUT2D eigenvalue weighted by atomic mass is 9.93. The first-order valence-corrected chi connectivity index (χ1v) is 9.31. The van der Waals surface area contributed by atoms with Crippen LogP contribution in [-0.4, -0.2) is 6.09 Å². The molecule has 0 unspecified atom stereocenters. The number of nitrogens with one attached hydrogen (secondary N) is 1. The molecule has 1 fully saturated rings. The molecule has 0 aromatic heterocycles. The Morgan fingerprint density at radius 2 is 1.54 bits per heavy atom. The lowest BCUT2D eigenvalue weighted by Gasteiger charge is -2.19. The first-order chi connectivity index (χ1) is 13.6. The number of aryl methyl sites for hydroxylation is 2. The number of benzene rings is 3. The van der Waals surface area contributed by atoms with E-state index < -0.39 is 6.09 Å². The van der Waals surface area contributed by atoms with Crippen molar-refractivity contribution in [3.05, 3.63) is 106 Å². The van der Waals surface area contributed by atoms with Crippen molar-refractivity contribution in [1.29, 1.82) is 0 Å². The van der Waals surface area contributed by atoms with Gasteiger partial charge in [-0.15, -0.1) is 0 Å². The van der Waals surface area contributed by atoms with Gasteiger partial charge in [0.1, 0.15) is 0 Å². The largest absolute Gasteiger partial charge is 0.439 e. The van der Waals surface area contributed by atoms with E-state index in [0.717, 1.165) is 22.3 Å². The Kier molecular flexibility index (Phi) is 4.87. The number of amides is 1. The Morgan fingerprint density at radius 1 is 0.786 bits per heavy atom. The fourth-order valence-corrected chi connectivity index (χ4v) is 3.36. The van der Waals surface area contributed by atoms with Gasteiger partial charge in [-0.1, -0.05) is 60.4 Å². The van der Waals surface area contributed by atoms with E-state index in [1.807, 2.05) is 60.7 Å². The first-order valence-electron chi connectivity index (χ1n) is 9.31. The lowest BCUT2D eigenvalue weighted by Crippen LogP contribution is -2.19. The number of alkyl carbamates (subject to hydrolysis) is 1. The van der Waals surface area contributed by atoms with Crippen LogP contribution in [0.4, 0.5) is 4.79 Å². The quantitative estimate of drug-likeness (QED) is 0.630. The zero-order valence-corrected chi connectivity index (χ0v) is 15.9. The average molecular weight is 367 g/mol. The summed E-state index contributed by atoms with van der Waals surface area (Å²) < 4.78 is 5.59. The maximum atomic E-state index is 12.0. The molecule has 1 aliphatic heterocycles. The summed E-state index contributed by atoms with van der Waals surface area (Å²) in [5.74, 6) is 6.38. The zero-order valence-electron chi connectivity index (χ0n) is 15.9. The molecule has 4 rings (SSSR count). The van der Waals surface area contributed by atoms with Gasteiger partial charge in [0.25, 0.3) is 0 Å². The van der Waals surface area contributed by atoms with Crippen LogP contribution in [0.25, 0.3) is 0 Å². The number of cyclic esters (lactones) is 1. The third-order valence-corrected chi connectivity index (χ3v) is 5.04. The molecule has 1 heterocycles. The molecule has 3 heteroatoms. The second kappa shape index (κ2) is 7.62. The monoisotopic (exact) mass is 367 g/mol. The molecule has 3 aromatic rings. The van der Waals surface area contributed by atoms with Crippen molar-refractivity contribution >= 4 is 6.09 Å². The fourth-order valence-electron chi connectivity index (χ4n) is 3.36. The third-order valence-electron chi connectivity index (χ3n) is 5.04. The van der Waals surface area contributed by atoms with Crippen molar-refractivity contribution < 1.29 is 9.53 Å². The second-order valence-electron chi connectivity index (χ2n) is 7.03. The average Bonchev–Trinajstić information content (AvgIpc) is 3.11. The van der Waals surface area contributed by atoms with Gasteiger partial charge < -0.3 is 10.1 Å². The topological polar surface area (TPSA) is 38.3 Å². The van der Waals surface area contributed by atoms with E-state index in [1.165, 1.54) is 11.1 Å². The Labute approximate surface area is 165 Å². The SMILES string of the molecule is Cc1ccc([C@H]2OC(=O)N[C@@H]2c2cccc(C#Cc3ccccc3)c2)cc1C. The molecular formula is C25H21NO2. The zero-order chi connectivity index (χ0) is 19.5. The van der Waals surface area contributed by atoms with E-state index in [-0.39, 0.29) is 12.1 Å². The molecule has 3 aromatic carbocycles. The molecular weight excluding hydrogens is 346 g/mol. The van der Waals surface area contributed by atoms with Crippen LogP contribution in [0.2, 0.25) is 0 Å². The molecule has 0 saturated carbocycles. The van der Waals surface area contributed by atoms with Gasteiger partial charge in [0.2, 0.25) is 0 Å². The van der Waals surface area contributed by atoms with Crippen molar-refractivity contribution in [2.75, 3.05) is 0 Å². The van der Waals surface area contributed by atoms with Crippen LogP contribution in [0.1, 0.15) is 45.5 Å². The standard InChI is InChI=1S/C25H21NO2/c1-17-11-14-22(15-18(17)2)24-23(26-25(27)28-24)21-10-6-9-20(16-21)13-12-19-7-4-3-5-8-19/h3-11,14-16,23-24H,1-2H3,(H,26,27)/t23-,24-/m1/s1. The molecule has 1 amide bonds. The number of hydrogen-bond acceptors (Lipinski definition) is 2. The highest BCUT2D eigenvalue weighted by Gasteiger charge is 2.36. The smallest absolute Gasteiger partial charge is 0.408 e. The summed E-state index contributed by atoms with van der Waals surface area (Å²) in [6, 6.07) is 23.8. The summed E-state index contributed by atoms with van der Waals surface area (Å²) in [5.41, 5.74) is 6.25. The van der Waals surface area contributed by atoms with Crippen molar-refractivity contribution in [2.45, 2.75) is 26.0 Å². The summed E-state index contributed by atoms with van der Waals surface area (Å²) in [5, 5.41) is 2.94. The maximum absolute atomic E-state index is 12.0. The van der Waals surface area contributed by atoms with Crippen LogP contribution >= 0.6 is 0 Å². The normalized spacial score (nSPS) is 18.0. The van der Waals surface area contributed by atoms with E-state index >= 15 is 0 Å². The Balaban J connectivity index is 1.64. The van der Waals surface area contributed by atoms with Crippen LogP contribution < -0.4 is 5.32 Å². The third kappa shape index (κ3) is 3.77. The van der Waals surface area contributed by atoms with Gasteiger partial charge in [0, 0.05) is 11.1 Å². The Hall–Kier alpha value is -3.51. The van der Waals surface area contributed by atoms with Gasteiger partial charge in [-0.3, -0.25) is 0 Å². The molecule has 0 aliphatic carbocycles.